The third-order valence-corrected chi connectivity index (χ3v) is 10.3. The van der Waals surface area contributed by atoms with Crippen molar-refractivity contribution in [3.63, 3.8) is 0 Å². The number of Topliss-reactive ketones (excluding diaryl/α,β-unsaturated/α-hetero) is 1. The predicted octanol–water partition coefficient (Wildman–Crippen LogP) is 4.77. The lowest BCUT2D eigenvalue weighted by molar-refractivity contribution is -0.160. The Morgan fingerprint density at radius 2 is 1.93 bits per heavy atom. The molecule has 0 saturated heterocycles. The summed E-state index contributed by atoms with van der Waals surface area (Å²) in [5.74, 6) is 3.37. The van der Waals surface area contributed by atoms with E-state index in [4.69, 9.17) is 4.74 Å². The van der Waals surface area contributed by atoms with Gasteiger partial charge in [0.05, 0.1) is 13.2 Å². The van der Waals surface area contributed by atoms with Crippen LogP contribution in [0.15, 0.2) is 0 Å². The van der Waals surface area contributed by atoms with Crippen molar-refractivity contribution in [1.82, 2.24) is 0 Å². The van der Waals surface area contributed by atoms with E-state index < -0.39 is 0 Å². The zero-order valence-electron chi connectivity index (χ0n) is 18.8. The molecule has 0 aromatic carbocycles. The van der Waals surface area contributed by atoms with Gasteiger partial charge in [-0.3, -0.25) is 9.59 Å². The van der Waals surface area contributed by atoms with E-state index in [-0.39, 0.29) is 22.9 Å². The lowest BCUT2D eigenvalue weighted by Gasteiger charge is -2.60. The first-order valence-electron chi connectivity index (χ1n) is 12.0. The van der Waals surface area contributed by atoms with Gasteiger partial charge in [0, 0.05) is 18.3 Å². The monoisotopic (exact) mass is 404 g/mol. The molecule has 4 saturated carbocycles. The van der Waals surface area contributed by atoms with E-state index in [0.29, 0.717) is 47.7 Å². The quantitative estimate of drug-likeness (QED) is 0.685. The fourth-order valence-corrected chi connectivity index (χ4v) is 8.53. The van der Waals surface area contributed by atoms with Gasteiger partial charge in [0.2, 0.25) is 0 Å². The molecule has 4 aliphatic carbocycles. The maximum absolute atomic E-state index is 13.7. The highest BCUT2D eigenvalue weighted by atomic mass is 16.5. The van der Waals surface area contributed by atoms with E-state index in [0.717, 1.165) is 38.5 Å². The zero-order valence-corrected chi connectivity index (χ0v) is 18.8. The van der Waals surface area contributed by atoms with Gasteiger partial charge < -0.3 is 9.84 Å². The SMILES string of the molecule is COC(=O)CC[C@@H](C)[C@H]1CC[C@H]2[C@@H]3CC[C@@H]4C[C@H](O)CC[C@]4(C)[C@H]3CC(=O)[C@]12C. The van der Waals surface area contributed by atoms with Crippen molar-refractivity contribution in [2.45, 2.75) is 91.1 Å². The van der Waals surface area contributed by atoms with Crippen LogP contribution in [0.5, 0.6) is 0 Å². The molecule has 0 heterocycles. The third-order valence-electron chi connectivity index (χ3n) is 10.3. The standard InChI is InChI=1S/C25H40O4/c1-15(5-10-23(28)29-4)19-8-9-20-18-7-6-16-13-17(26)11-12-24(16,2)21(18)14-22(27)25(19,20)3/h15-21,26H,5-14H2,1-4H3/t15-,16-,17-,18+,19-,20+,21+,24+,25-/m1/s1. The Balaban J connectivity index is 1.54. The van der Waals surface area contributed by atoms with Crippen molar-refractivity contribution in [3.8, 4) is 0 Å². The van der Waals surface area contributed by atoms with E-state index in [1.165, 1.54) is 26.4 Å². The topological polar surface area (TPSA) is 63.6 Å². The molecular weight excluding hydrogens is 364 g/mol. The molecule has 0 bridgehead atoms. The highest BCUT2D eigenvalue weighted by molar-refractivity contribution is 5.87. The van der Waals surface area contributed by atoms with Crippen LogP contribution in [0, 0.1) is 46.3 Å². The van der Waals surface area contributed by atoms with Crippen LogP contribution < -0.4 is 0 Å². The number of hydrogen-bond acceptors (Lipinski definition) is 4. The molecule has 29 heavy (non-hydrogen) atoms. The van der Waals surface area contributed by atoms with E-state index in [1.54, 1.807) is 0 Å². The average Bonchev–Trinajstić information content (AvgIpc) is 3.06. The molecule has 0 aliphatic heterocycles. The van der Waals surface area contributed by atoms with E-state index in [9.17, 15) is 14.7 Å². The van der Waals surface area contributed by atoms with Crippen LogP contribution in [-0.2, 0) is 14.3 Å². The number of esters is 1. The minimum Gasteiger partial charge on any atom is -0.469 e. The summed E-state index contributed by atoms with van der Waals surface area (Å²) in [7, 11) is 1.45. The van der Waals surface area contributed by atoms with Gasteiger partial charge in [0.15, 0.2) is 0 Å². The molecule has 1 N–H and O–H groups in total. The molecule has 0 amide bonds. The van der Waals surface area contributed by atoms with Crippen LogP contribution in [-0.4, -0.2) is 30.1 Å². The van der Waals surface area contributed by atoms with E-state index in [1.807, 2.05) is 0 Å². The second kappa shape index (κ2) is 7.66. The first-order valence-corrected chi connectivity index (χ1v) is 12.0. The molecule has 164 valence electrons. The van der Waals surface area contributed by atoms with Gasteiger partial charge in [-0.1, -0.05) is 20.8 Å². The van der Waals surface area contributed by atoms with Crippen molar-refractivity contribution in [3.05, 3.63) is 0 Å². The summed E-state index contributed by atoms with van der Waals surface area (Å²) in [5, 5.41) is 10.2. The van der Waals surface area contributed by atoms with Crippen molar-refractivity contribution in [1.29, 1.82) is 0 Å². The summed E-state index contributed by atoms with van der Waals surface area (Å²) in [4.78, 5) is 25.3. The molecule has 0 radical (unpaired) electrons. The number of fused-ring (bicyclic) bond motifs is 5. The van der Waals surface area contributed by atoms with Crippen LogP contribution in [0.25, 0.3) is 0 Å². The number of hydrogen-bond donors (Lipinski definition) is 1. The molecular formula is C25H40O4. The number of methoxy groups -OCH3 is 1. The minimum absolute atomic E-state index is 0.138. The number of ether oxygens (including phenoxy) is 1. The summed E-state index contributed by atoms with van der Waals surface area (Å²) in [6.45, 7) is 6.94. The lowest BCUT2D eigenvalue weighted by atomic mass is 9.44. The molecule has 0 spiro atoms. The van der Waals surface area contributed by atoms with Gasteiger partial charge in [-0.05, 0) is 92.3 Å². The van der Waals surface area contributed by atoms with Crippen molar-refractivity contribution < 1.29 is 19.4 Å². The predicted molar refractivity (Wildman–Crippen MR) is 112 cm³/mol. The number of aliphatic hydroxyl groups excluding tert-OH is 1. The normalized spacial score (nSPS) is 47.7. The van der Waals surface area contributed by atoms with Crippen molar-refractivity contribution in [2.24, 2.45) is 46.3 Å². The van der Waals surface area contributed by atoms with Crippen molar-refractivity contribution in [2.75, 3.05) is 7.11 Å². The molecule has 4 nitrogen and oxygen atoms in total. The summed E-state index contributed by atoms with van der Waals surface area (Å²) >= 11 is 0. The van der Waals surface area contributed by atoms with Crippen LogP contribution in [0.2, 0.25) is 0 Å². The number of ketones is 1. The largest absolute Gasteiger partial charge is 0.469 e. The summed E-state index contributed by atoms with van der Waals surface area (Å²) in [5.41, 5.74) is 0.0157. The summed E-state index contributed by atoms with van der Waals surface area (Å²) in [6, 6.07) is 0. The molecule has 0 unspecified atom stereocenters. The maximum Gasteiger partial charge on any atom is 0.305 e. The molecule has 4 fully saturated rings. The van der Waals surface area contributed by atoms with Crippen LogP contribution in [0.3, 0.4) is 0 Å². The fraction of sp³-hybridized carbons (Fsp3) is 0.920. The highest BCUT2D eigenvalue weighted by Crippen LogP contribution is 2.67. The van der Waals surface area contributed by atoms with Gasteiger partial charge >= 0.3 is 5.97 Å². The molecule has 4 heteroatoms. The smallest absolute Gasteiger partial charge is 0.305 e. The Kier molecular flexibility index (Phi) is 5.63. The van der Waals surface area contributed by atoms with Crippen LogP contribution in [0.4, 0.5) is 0 Å². The van der Waals surface area contributed by atoms with Gasteiger partial charge in [-0.15, -0.1) is 0 Å². The maximum atomic E-state index is 13.7. The second-order valence-corrected chi connectivity index (χ2v) is 11.3. The molecule has 0 aromatic rings. The second-order valence-electron chi connectivity index (χ2n) is 11.3. The zero-order chi connectivity index (χ0) is 21.0. The van der Waals surface area contributed by atoms with Gasteiger partial charge in [-0.25, -0.2) is 0 Å². The summed E-state index contributed by atoms with van der Waals surface area (Å²) < 4.78 is 4.83. The minimum atomic E-state index is -0.214. The molecule has 0 aromatic heterocycles. The van der Waals surface area contributed by atoms with E-state index >= 15 is 0 Å². The van der Waals surface area contributed by atoms with Gasteiger partial charge in [0.1, 0.15) is 5.78 Å². The number of rotatable bonds is 4. The third kappa shape index (κ3) is 3.28. The number of carbonyl (C=O) groups is 2. The number of carbonyl (C=O) groups excluding carboxylic acids is 2. The van der Waals surface area contributed by atoms with Crippen LogP contribution >= 0.6 is 0 Å². The Labute approximate surface area is 176 Å². The Bertz CT molecular complexity index is 659. The number of aliphatic hydroxyl groups is 1. The fourth-order valence-electron chi connectivity index (χ4n) is 8.53. The van der Waals surface area contributed by atoms with E-state index in [2.05, 4.69) is 20.8 Å². The van der Waals surface area contributed by atoms with Gasteiger partial charge in [0.25, 0.3) is 0 Å². The molecule has 4 rings (SSSR count). The lowest BCUT2D eigenvalue weighted by Crippen LogP contribution is -2.57. The first-order chi connectivity index (χ1) is 13.7. The molecule has 4 aliphatic rings. The molecule has 9 atom stereocenters. The van der Waals surface area contributed by atoms with Crippen molar-refractivity contribution >= 4 is 11.8 Å². The van der Waals surface area contributed by atoms with Gasteiger partial charge in [-0.2, -0.15) is 0 Å². The Morgan fingerprint density at radius 3 is 2.66 bits per heavy atom. The first kappa shape index (κ1) is 21.3. The Morgan fingerprint density at radius 1 is 1.17 bits per heavy atom. The summed E-state index contributed by atoms with van der Waals surface area (Å²) in [6.07, 6.45) is 9.53. The highest BCUT2D eigenvalue weighted by Gasteiger charge is 2.63. The van der Waals surface area contributed by atoms with Crippen LogP contribution in [0.1, 0.15) is 85.0 Å². The Hall–Kier alpha value is -0.900. The average molecular weight is 405 g/mol.